The van der Waals surface area contributed by atoms with Crippen molar-refractivity contribution in [3.8, 4) is 0 Å². The molecule has 0 saturated heterocycles. The molecule has 21 heavy (non-hydrogen) atoms. The van der Waals surface area contributed by atoms with Gasteiger partial charge in [0.05, 0.1) is 15.0 Å². The van der Waals surface area contributed by atoms with E-state index in [1.807, 2.05) is 12.1 Å². The molecule has 0 spiro atoms. The first-order chi connectivity index (χ1) is 9.95. The van der Waals surface area contributed by atoms with E-state index in [9.17, 15) is 14.0 Å². The van der Waals surface area contributed by atoms with Gasteiger partial charge in [-0.3, -0.25) is 4.79 Å². The number of nitrogens with one attached hydrogen (secondary N) is 1. The Hall–Kier alpha value is -1.99. The summed E-state index contributed by atoms with van der Waals surface area (Å²) < 4.78 is 14.6. The van der Waals surface area contributed by atoms with Crippen LogP contribution in [0, 0.1) is 5.82 Å². The molecule has 2 rings (SSSR count). The van der Waals surface area contributed by atoms with Gasteiger partial charge in [0.15, 0.2) is 0 Å². The van der Waals surface area contributed by atoms with Crippen LogP contribution in [0.25, 0.3) is 6.08 Å². The molecule has 2 aromatic rings. The number of carboxylic acids is 1. The molecular formula is C14H9BrFNO3S. The van der Waals surface area contributed by atoms with Gasteiger partial charge >= 0.3 is 5.97 Å². The molecule has 4 nitrogen and oxygen atoms in total. The van der Waals surface area contributed by atoms with E-state index in [0.29, 0.717) is 0 Å². The lowest BCUT2D eigenvalue weighted by Gasteiger charge is -2.04. The Labute approximate surface area is 132 Å². The molecule has 0 bridgehead atoms. The zero-order valence-electron chi connectivity index (χ0n) is 10.5. The Morgan fingerprint density at radius 3 is 2.62 bits per heavy atom. The van der Waals surface area contributed by atoms with Gasteiger partial charge in [0.25, 0.3) is 0 Å². The maximum absolute atomic E-state index is 13.6. The number of benzene rings is 1. The fourth-order valence-electron chi connectivity index (χ4n) is 1.50. The molecule has 0 saturated carbocycles. The van der Waals surface area contributed by atoms with Gasteiger partial charge in [-0.05, 0) is 52.3 Å². The number of thiophene rings is 1. The summed E-state index contributed by atoms with van der Waals surface area (Å²) in [4.78, 5) is 23.2. The van der Waals surface area contributed by atoms with Crippen molar-refractivity contribution in [3.05, 3.63) is 56.5 Å². The second-order valence-electron chi connectivity index (χ2n) is 3.96. The standard InChI is InChI=1S/C14H9BrFNO3S/c15-12-5-2-9(21-12)3-6-13(18)17-11-4-1-8(14(19)20)7-10(11)16/h1-7H,(H,17,18)(H,19,20). The van der Waals surface area contributed by atoms with Crippen molar-refractivity contribution in [2.24, 2.45) is 0 Å². The summed E-state index contributed by atoms with van der Waals surface area (Å²) in [6.45, 7) is 0. The SMILES string of the molecule is O=C(C=Cc1ccc(Br)s1)Nc1ccc(C(=O)O)cc1F. The fraction of sp³-hybridized carbons (Fsp3) is 0. The van der Waals surface area contributed by atoms with Crippen LogP contribution in [0.3, 0.4) is 0 Å². The molecule has 0 aliphatic carbocycles. The molecule has 7 heteroatoms. The van der Waals surface area contributed by atoms with E-state index in [4.69, 9.17) is 5.11 Å². The monoisotopic (exact) mass is 369 g/mol. The van der Waals surface area contributed by atoms with E-state index >= 15 is 0 Å². The van der Waals surface area contributed by atoms with Gasteiger partial charge in [0.2, 0.25) is 5.91 Å². The van der Waals surface area contributed by atoms with Gasteiger partial charge in [-0.15, -0.1) is 11.3 Å². The number of carbonyl (C=O) groups is 2. The van der Waals surface area contributed by atoms with Crippen molar-refractivity contribution in [1.82, 2.24) is 0 Å². The van der Waals surface area contributed by atoms with Crippen molar-refractivity contribution in [1.29, 1.82) is 0 Å². The van der Waals surface area contributed by atoms with Gasteiger partial charge in [-0.25, -0.2) is 9.18 Å². The molecule has 0 fully saturated rings. The minimum Gasteiger partial charge on any atom is -0.478 e. The number of anilines is 1. The summed E-state index contributed by atoms with van der Waals surface area (Å²) in [5.41, 5.74) is -0.244. The lowest BCUT2D eigenvalue weighted by molar-refractivity contribution is -0.111. The number of halogens is 2. The van der Waals surface area contributed by atoms with E-state index < -0.39 is 17.7 Å². The lowest BCUT2D eigenvalue weighted by atomic mass is 10.2. The van der Waals surface area contributed by atoms with Crippen molar-refractivity contribution in [2.45, 2.75) is 0 Å². The van der Waals surface area contributed by atoms with Crippen LogP contribution in [0.15, 0.2) is 40.2 Å². The Kier molecular flexibility index (Phi) is 4.87. The maximum atomic E-state index is 13.6. The summed E-state index contributed by atoms with van der Waals surface area (Å²) in [7, 11) is 0. The van der Waals surface area contributed by atoms with Crippen molar-refractivity contribution in [3.63, 3.8) is 0 Å². The zero-order chi connectivity index (χ0) is 15.4. The van der Waals surface area contributed by atoms with Gasteiger partial charge in [-0.2, -0.15) is 0 Å². The average Bonchev–Trinajstić information content (AvgIpc) is 2.84. The summed E-state index contributed by atoms with van der Waals surface area (Å²) >= 11 is 4.76. The number of aromatic carboxylic acids is 1. The van der Waals surface area contributed by atoms with Crippen LogP contribution in [-0.2, 0) is 4.79 Å². The van der Waals surface area contributed by atoms with E-state index in [1.54, 1.807) is 6.08 Å². The van der Waals surface area contributed by atoms with Crippen LogP contribution in [0.2, 0.25) is 0 Å². The van der Waals surface area contributed by atoms with Gasteiger partial charge in [0.1, 0.15) is 5.82 Å². The highest BCUT2D eigenvalue weighted by atomic mass is 79.9. The molecule has 0 aliphatic heterocycles. The molecule has 1 aromatic heterocycles. The largest absolute Gasteiger partial charge is 0.478 e. The van der Waals surface area contributed by atoms with Gasteiger partial charge in [-0.1, -0.05) is 0 Å². The second kappa shape index (κ2) is 6.64. The predicted octanol–water partition coefficient (Wildman–Crippen LogP) is 4.00. The van der Waals surface area contributed by atoms with Crippen LogP contribution in [0.1, 0.15) is 15.2 Å². The Bertz CT molecular complexity index is 727. The first-order valence-electron chi connectivity index (χ1n) is 5.73. The zero-order valence-corrected chi connectivity index (χ0v) is 12.9. The number of carboxylic acid groups (broad SMARTS) is 1. The third-order valence-electron chi connectivity index (χ3n) is 2.47. The third kappa shape index (κ3) is 4.24. The predicted molar refractivity (Wildman–Crippen MR) is 83.0 cm³/mol. The van der Waals surface area contributed by atoms with E-state index in [1.165, 1.54) is 29.5 Å². The summed E-state index contributed by atoms with van der Waals surface area (Å²) in [5.74, 6) is -2.52. The van der Waals surface area contributed by atoms with Crippen molar-refractivity contribution in [2.75, 3.05) is 5.32 Å². The number of carbonyl (C=O) groups excluding carboxylic acids is 1. The molecule has 0 aliphatic rings. The quantitative estimate of drug-likeness (QED) is 0.800. The summed E-state index contributed by atoms with van der Waals surface area (Å²) in [5, 5.41) is 11.1. The average molecular weight is 370 g/mol. The van der Waals surface area contributed by atoms with Crippen LogP contribution in [-0.4, -0.2) is 17.0 Å². The Morgan fingerprint density at radius 2 is 2.05 bits per heavy atom. The maximum Gasteiger partial charge on any atom is 0.335 e. The minimum absolute atomic E-state index is 0.0676. The minimum atomic E-state index is -1.23. The van der Waals surface area contributed by atoms with Gasteiger partial charge in [0, 0.05) is 11.0 Å². The molecule has 0 atom stereocenters. The first-order valence-corrected chi connectivity index (χ1v) is 7.34. The van der Waals surface area contributed by atoms with Crippen LogP contribution in [0.4, 0.5) is 10.1 Å². The smallest absolute Gasteiger partial charge is 0.335 e. The Morgan fingerprint density at radius 1 is 1.29 bits per heavy atom. The normalized spacial score (nSPS) is 10.8. The van der Waals surface area contributed by atoms with Crippen LogP contribution < -0.4 is 5.32 Å². The molecule has 2 N–H and O–H groups in total. The highest BCUT2D eigenvalue weighted by molar-refractivity contribution is 9.11. The molecule has 0 radical (unpaired) electrons. The van der Waals surface area contributed by atoms with Crippen molar-refractivity contribution >= 4 is 50.9 Å². The van der Waals surface area contributed by atoms with Crippen LogP contribution in [0.5, 0.6) is 0 Å². The van der Waals surface area contributed by atoms with Gasteiger partial charge < -0.3 is 10.4 Å². The summed E-state index contributed by atoms with van der Waals surface area (Å²) in [6.07, 6.45) is 2.89. The van der Waals surface area contributed by atoms with E-state index in [-0.39, 0.29) is 11.3 Å². The number of amides is 1. The van der Waals surface area contributed by atoms with E-state index in [2.05, 4.69) is 21.2 Å². The van der Waals surface area contributed by atoms with Crippen molar-refractivity contribution < 1.29 is 19.1 Å². The topological polar surface area (TPSA) is 66.4 Å². The number of hydrogen-bond acceptors (Lipinski definition) is 3. The Balaban J connectivity index is 2.06. The second-order valence-corrected chi connectivity index (χ2v) is 6.46. The molecule has 108 valence electrons. The molecule has 0 unspecified atom stereocenters. The lowest BCUT2D eigenvalue weighted by Crippen LogP contribution is -2.10. The fourth-order valence-corrected chi connectivity index (χ4v) is 2.83. The molecule has 1 aromatic carbocycles. The first kappa shape index (κ1) is 15.4. The number of hydrogen-bond donors (Lipinski definition) is 2. The number of rotatable bonds is 4. The third-order valence-corrected chi connectivity index (χ3v) is 4.06. The highest BCUT2D eigenvalue weighted by Gasteiger charge is 2.09. The molecular weight excluding hydrogens is 361 g/mol. The van der Waals surface area contributed by atoms with E-state index in [0.717, 1.165) is 14.7 Å². The highest BCUT2D eigenvalue weighted by Crippen LogP contribution is 2.23. The van der Waals surface area contributed by atoms with Crippen LogP contribution >= 0.6 is 27.3 Å². The summed E-state index contributed by atoms with van der Waals surface area (Å²) in [6, 6.07) is 6.98. The molecule has 1 heterocycles. The molecule has 1 amide bonds.